The van der Waals surface area contributed by atoms with Gasteiger partial charge in [0.05, 0.1) is 50.7 Å². The molecule has 0 aliphatic heterocycles. The average Bonchev–Trinajstić information content (AvgIpc) is 3.27. The van der Waals surface area contributed by atoms with E-state index in [9.17, 15) is 110 Å². The fourth-order valence-electron chi connectivity index (χ4n) is 7.87. The van der Waals surface area contributed by atoms with E-state index < -0.39 is 195 Å². The molecular weight excluding hydrogens is 1090 g/mol. The predicted molar refractivity (Wildman–Crippen MR) is 224 cm³/mol. The lowest BCUT2D eigenvalue weighted by Crippen LogP contribution is -2.75. The van der Waals surface area contributed by atoms with Crippen molar-refractivity contribution in [3.05, 3.63) is 177 Å². The number of nitrogens with zero attached hydrogens (tertiary/aromatic N) is 2. The molecule has 6 rings (SSSR count). The standard InChI is InChI=1S/C32H12BF24.C16H19N2O/c34-25(35,36)13-1-14(26(37,38)39)6-21(5-13)33(22-7-15(27(40,41)42)2-16(8-22)28(43,44)45,23-9-17(29(46,47)48)3-18(10-23)30(49,50)51)24-11-19(31(52,53)54)4-20(12-24)32(55,56)57;1-16(2,3)15-12-18(10-9-17-15)11-14(19)13-7-5-4-6-8-13/h1-12H;4-10,12H,11H2,1-3H3/q-1;+1. The third-order valence-electron chi connectivity index (χ3n) is 11.4. The number of carbonyl (C=O) groups is 1. The molecule has 28 heteroatoms. The Morgan fingerprint density at radius 3 is 0.882 bits per heavy atom. The van der Waals surface area contributed by atoms with Gasteiger partial charge in [-0.15, -0.1) is 0 Å². The molecule has 1 aromatic heterocycles. The van der Waals surface area contributed by atoms with E-state index in [0.717, 1.165) is 11.3 Å². The number of benzene rings is 5. The number of halogens is 24. The molecule has 0 atom stereocenters. The van der Waals surface area contributed by atoms with Gasteiger partial charge in [-0.25, -0.2) is 4.98 Å². The van der Waals surface area contributed by atoms with E-state index >= 15 is 0 Å². The summed E-state index contributed by atoms with van der Waals surface area (Å²) in [5.41, 5.74) is -28.5. The van der Waals surface area contributed by atoms with E-state index in [0.29, 0.717) is 6.54 Å². The molecule has 6 aromatic rings. The van der Waals surface area contributed by atoms with Crippen molar-refractivity contribution in [3.8, 4) is 0 Å². The van der Waals surface area contributed by atoms with Crippen LogP contribution in [0.1, 0.15) is 81.3 Å². The first-order valence-electron chi connectivity index (χ1n) is 21.0. The maximum atomic E-state index is 14.2. The van der Waals surface area contributed by atoms with Crippen molar-refractivity contribution < 1.29 is 115 Å². The highest BCUT2D eigenvalue weighted by atomic mass is 19.4. The summed E-state index contributed by atoms with van der Waals surface area (Å²) in [4.78, 5) is 16.5. The van der Waals surface area contributed by atoms with Crippen LogP contribution in [0.3, 0.4) is 0 Å². The Morgan fingerprint density at radius 2 is 0.658 bits per heavy atom. The lowest BCUT2D eigenvalue weighted by Gasteiger charge is -2.46. The SMILES string of the molecule is CC(C)(C)c1c[n+](CC(=O)c2ccccc2)ccn1.FC(F)(F)c1cc([B-](c2cc(C(F)(F)F)cc(C(F)(F)F)c2)(c2cc(C(F)(F)F)cc(C(F)(F)F)c2)c2cc(C(F)(F)F)cc(C(F)(F)F)c2)cc(C(F)(F)F)c1. The first kappa shape index (κ1) is 60.1. The molecule has 0 radical (unpaired) electrons. The third kappa shape index (κ3) is 14.0. The van der Waals surface area contributed by atoms with Crippen LogP contribution < -0.4 is 26.4 Å². The number of hydrogen-bond donors (Lipinski definition) is 0. The second-order valence-electron chi connectivity index (χ2n) is 17.9. The highest BCUT2D eigenvalue weighted by molar-refractivity contribution is 7.20. The van der Waals surface area contributed by atoms with E-state index in [1.807, 2.05) is 47.3 Å². The highest BCUT2D eigenvalue weighted by Crippen LogP contribution is 2.41. The number of aromatic nitrogens is 2. The first-order chi connectivity index (χ1) is 34.2. The minimum Gasteiger partial charge on any atom is -0.287 e. The first-order valence-corrected chi connectivity index (χ1v) is 21.0. The number of alkyl halides is 24. The molecule has 0 aliphatic carbocycles. The molecular formula is C48H31BF24N2O. The average molecular weight is 1120 g/mol. The van der Waals surface area contributed by atoms with Crippen LogP contribution in [0.15, 0.2) is 122 Å². The molecule has 0 fully saturated rings. The predicted octanol–water partition coefficient (Wildman–Crippen LogP) is 13.8. The van der Waals surface area contributed by atoms with Crippen molar-refractivity contribution in [2.45, 2.75) is 82.1 Å². The molecule has 1 heterocycles. The summed E-state index contributed by atoms with van der Waals surface area (Å²) in [7, 11) is 0. The van der Waals surface area contributed by atoms with Gasteiger partial charge in [0.25, 0.3) is 0 Å². The summed E-state index contributed by atoms with van der Waals surface area (Å²) in [5, 5.41) is 0. The van der Waals surface area contributed by atoms with Gasteiger partial charge in [0.1, 0.15) is 11.8 Å². The molecule has 0 amide bonds. The fourth-order valence-corrected chi connectivity index (χ4v) is 7.87. The maximum absolute atomic E-state index is 14.2. The molecule has 0 bridgehead atoms. The van der Waals surface area contributed by atoms with Crippen LogP contribution in [-0.2, 0) is 61.4 Å². The van der Waals surface area contributed by atoms with E-state index in [-0.39, 0.29) is 11.2 Å². The zero-order chi connectivity index (χ0) is 57.8. The van der Waals surface area contributed by atoms with Crippen molar-refractivity contribution in [2.75, 3.05) is 0 Å². The van der Waals surface area contributed by atoms with Crippen molar-refractivity contribution in [3.63, 3.8) is 0 Å². The van der Waals surface area contributed by atoms with Crippen LogP contribution >= 0.6 is 0 Å². The van der Waals surface area contributed by atoms with Gasteiger partial charge in [-0.2, -0.15) is 132 Å². The minimum absolute atomic E-state index is 0.0151. The van der Waals surface area contributed by atoms with Crippen LogP contribution in [0.4, 0.5) is 105 Å². The van der Waals surface area contributed by atoms with Gasteiger partial charge < -0.3 is 0 Å². The second-order valence-corrected chi connectivity index (χ2v) is 17.9. The molecule has 0 unspecified atom stereocenters. The van der Waals surface area contributed by atoms with Crippen molar-refractivity contribution in [1.29, 1.82) is 0 Å². The Kier molecular flexibility index (Phi) is 16.1. The van der Waals surface area contributed by atoms with Crippen LogP contribution in [0.2, 0.25) is 0 Å². The summed E-state index contributed by atoms with van der Waals surface area (Å²) >= 11 is 0. The number of ketones is 1. The van der Waals surface area contributed by atoms with E-state index in [4.69, 9.17) is 0 Å². The molecule has 0 N–H and O–H groups in total. The zero-order valence-corrected chi connectivity index (χ0v) is 38.2. The quantitative estimate of drug-likeness (QED) is 0.0691. The van der Waals surface area contributed by atoms with Gasteiger partial charge in [-0.1, -0.05) is 99.6 Å². The Morgan fingerprint density at radius 1 is 0.408 bits per heavy atom. The van der Waals surface area contributed by atoms with Crippen molar-refractivity contribution >= 4 is 33.8 Å². The maximum Gasteiger partial charge on any atom is 0.416 e. The van der Waals surface area contributed by atoms with Crippen LogP contribution in [0, 0.1) is 0 Å². The van der Waals surface area contributed by atoms with Gasteiger partial charge in [0.15, 0.2) is 12.4 Å². The van der Waals surface area contributed by atoms with Gasteiger partial charge in [0.2, 0.25) is 12.3 Å². The highest BCUT2D eigenvalue weighted by Gasteiger charge is 2.47. The minimum atomic E-state index is -6.13. The summed E-state index contributed by atoms with van der Waals surface area (Å²) < 4.78 is 343. The summed E-state index contributed by atoms with van der Waals surface area (Å²) in [6, 6.07) is 0.544. The monoisotopic (exact) mass is 1120 g/mol. The van der Waals surface area contributed by atoms with Crippen LogP contribution in [-0.4, -0.2) is 16.9 Å². The molecule has 0 saturated heterocycles. The fraction of sp³-hybridized carbons (Fsp3) is 0.271. The van der Waals surface area contributed by atoms with Crippen LogP contribution in [0.25, 0.3) is 0 Å². The largest absolute Gasteiger partial charge is 0.416 e. The normalized spacial score (nSPS) is 13.6. The number of carbonyl (C=O) groups excluding carboxylic acids is 1. The Balaban J connectivity index is 0.000000468. The molecule has 0 saturated carbocycles. The topological polar surface area (TPSA) is 33.8 Å². The molecule has 410 valence electrons. The third-order valence-corrected chi connectivity index (χ3v) is 11.4. The zero-order valence-electron chi connectivity index (χ0n) is 38.2. The van der Waals surface area contributed by atoms with Crippen molar-refractivity contribution in [2.24, 2.45) is 0 Å². The summed E-state index contributed by atoms with van der Waals surface area (Å²) in [6.45, 7) is 6.67. The summed E-state index contributed by atoms with van der Waals surface area (Å²) in [5.74, 6) is 0.108. The number of rotatable bonds is 7. The lowest BCUT2D eigenvalue weighted by molar-refractivity contribution is -0.684. The lowest BCUT2D eigenvalue weighted by atomic mass is 9.12. The Bertz CT molecular complexity index is 2630. The molecule has 0 spiro atoms. The molecule has 5 aromatic carbocycles. The van der Waals surface area contributed by atoms with Gasteiger partial charge in [-0.3, -0.25) is 4.79 Å². The molecule has 3 nitrogen and oxygen atoms in total. The summed E-state index contributed by atoms with van der Waals surface area (Å²) in [6.07, 6.45) is -49.3. The molecule has 76 heavy (non-hydrogen) atoms. The van der Waals surface area contributed by atoms with E-state index in [1.54, 1.807) is 6.20 Å². The van der Waals surface area contributed by atoms with E-state index in [2.05, 4.69) is 25.8 Å². The number of hydrogen-bond acceptors (Lipinski definition) is 2. The van der Waals surface area contributed by atoms with Crippen molar-refractivity contribution in [1.82, 2.24) is 4.98 Å². The Hall–Kier alpha value is -6.77. The number of Topliss-reactive ketones (excluding diaryl/α,β-unsaturated/α-hetero) is 1. The smallest absolute Gasteiger partial charge is 0.287 e. The van der Waals surface area contributed by atoms with E-state index in [1.165, 1.54) is 0 Å². The van der Waals surface area contributed by atoms with Gasteiger partial charge >= 0.3 is 49.4 Å². The van der Waals surface area contributed by atoms with Gasteiger partial charge in [-0.05, 0) is 24.3 Å². The second kappa shape index (κ2) is 20.3. The van der Waals surface area contributed by atoms with Crippen LogP contribution in [0.5, 0.6) is 0 Å². The molecule has 0 aliphatic rings. The Labute approximate surface area is 412 Å². The van der Waals surface area contributed by atoms with Gasteiger partial charge in [0, 0.05) is 11.0 Å².